The van der Waals surface area contributed by atoms with Gasteiger partial charge in [0, 0.05) is 44.2 Å². The van der Waals surface area contributed by atoms with Gasteiger partial charge in [-0.2, -0.15) is 0 Å². The Morgan fingerprint density at radius 2 is 2.13 bits per heavy atom. The summed E-state index contributed by atoms with van der Waals surface area (Å²) < 4.78 is 12.0. The first-order valence-electron chi connectivity index (χ1n) is 13.9. The zero-order valence-electron chi connectivity index (χ0n) is 23.3. The number of nitrogens with one attached hydrogen (secondary N) is 2. The molecule has 38 heavy (non-hydrogen) atoms. The van der Waals surface area contributed by atoms with Gasteiger partial charge in [0.1, 0.15) is 5.60 Å². The van der Waals surface area contributed by atoms with E-state index in [9.17, 15) is 14.7 Å². The number of nitrogens with zero attached hydrogens (tertiary/aromatic N) is 2. The number of ether oxygens (including phenoxy) is 2. The third kappa shape index (κ3) is 6.93. The summed E-state index contributed by atoms with van der Waals surface area (Å²) in [6, 6.07) is 1.64. The highest BCUT2D eigenvalue weighted by molar-refractivity contribution is 5.82. The Labute approximate surface area is 226 Å². The van der Waals surface area contributed by atoms with Crippen molar-refractivity contribution in [2.24, 2.45) is 5.41 Å². The van der Waals surface area contributed by atoms with Crippen molar-refractivity contribution in [2.75, 3.05) is 26.2 Å². The van der Waals surface area contributed by atoms with Crippen molar-refractivity contribution < 1.29 is 24.2 Å². The van der Waals surface area contributed by atoms with Crippen molar-refractivity contribution >= 4 is 11.8 Å². The van der Waals surface area contributed by atoms with Gasteiger partial charge >= 0.3 is 0 Å². The fraction of sp³-hybridized carbons (Fsp3) is 0.690. The number of fused-ring (bicyclic) bond motifs is 1. The van der Waals surface area contributed by atoms with Gasteiger partial charge in [-0.25, -0.2) is 4.98 Å². The second kappa shape index (κ2) is 11.7. The Kier molecular flexibility index (Phi) is 8.79. The highest BCUT2D eigenvalue weighted by atomic mass is 16.5. The van der Waals surface area contributed by atoms with Gasteiger partial charge in [0.05, 0.1) is 25.3 Å². The first-order valence-corrected chi connectivity index (χ1v) is 13.9. The molecular formula is C29H44N4O5. The molecule has 4 atom stereocenters. The monoisotopic (exact) mass is 528 g/mol. The maximum Gasteiger partial charge on any atom is 0.251 e. The van der Waals surface area contributed by atoms with Crippen LogP contribution in [0.5, 0.6) is 5.88 Å². The summed E-state index contributed by atoms with van der Waals surface area (Å²) in [5, 5.41) is 17.6. The number of pyridine rings is 1. The summed E-state index contributed by atoms with van der Waals surface area (Å²) in [7, 11) is 0. The van der Waals surface area contributed by atoms with Gasteiger partial charge in [-0.3, -0.25) is 9.59 Å². The third-order valence-electron chi connectivity index (χ3n) is 7.79. The van der Waals surface area contributed by atoms with Crippen LogP contribution in [-0.4, -0.2) is 76.9 Å². The smallest absolute Gasteiger partial charge is 0.251 e. The Hall–Kier alpha value is -2.49. The summed E-state index contributed by atoms with van der Waals surface area (Å²) in [5.74, 6) is 0.267. The van der Waals surface area contributed by atoms with Gasteiger partial charge in [-0.15, -0.1) is 6.58 Å². The first kappa shape index (κ1) is 28.5. The molecule has 0 bridgehead atoms. The number of aliphatic hydroxyl groups is 1. The minimum atomic E-state index is -0.848. The SMILES string of the molecule is C=CC[C@H](NC(=O)[C@@H]1CN(C(C)=O)CCO1)[C@H](O)CN[C@H]1CC2(CCC2)Oc2ncc(CC(C)(C)C)cc21. The van der Waals surface area contributed by atoms with Crippen LogP contribution in [0.3, 0.4) is 0 Å². The number of morpholine rings is 1. The highest BCUT2D eigenvalue weighted by Gasteiger charge is 2.46. The second-order valence-electron chi connectivity index (χ2n) is 12.3. The van der Waals surface area contributed by atoms with E-state index in [1.54, 1.807) is 11.0 Å². The van der Waals surface area contributed by atoms with Gasteiger partial charge in [-0.05, 0) is 49.1 Å². The van der Waals surface area contributed by atoms with Crippen molar-refractivity contribution in [1.29, 1.82) is 0 Å². The molecule has 1 saturated heterocycles. The Morgan fingerprint density at radius 1 is 1.37 bits per heavy atom. The first-order chi connectivity index (χ1) is 18.0. The van der Waals surface area contributed by atoms with Crippen LogP contribution in [0.4, 0.5) is 0 Å². The van der Waals surface area contributed by atoms with Crippen molar-refractivity contribution in [3.05, 3.63) is 36.0 Å². The van der Waals surface area contributed by atoms with Gasteiger partial charge in [0.2, 0.25) is 11.8 Å². The van der Waals surface area contributed by atoms with Crippen LogP contribution in [0.25, 0.3) is 0 Å². The molecule has 1 spiro atoms. The average Bonchev–Trinajstić information content (AvgIpc) is 2.84. The summed E-state index contributed by atoms with van der Waals surface area (Å²) in [6.45, 7) is 13.2. The van der Waals surface area contributed by atoms with E-state index >= 15 is 0 Å². The predicted molar refractivity (Wildman–Crippen MR) is 145 cm³/mol. The number of carbonyl (C=O) groups excluding carboxylic acids is 2. The number of hydrogen-bond acceptors (Lipinski definition) is 7. The lowest BCUT2D eigenvalue weighted by Crippen LogP contribution is -2.56. The molecule has 3 N–H and O–H groups in total. The summed E-state index contributed by atoms with van der Waals surface area (Å²) in [5.41, 5.74) is 2.14. The van der Waals surface area contributed by atoms with Crippen LogP contribution < -0.4 is 15.4 Å². The number of rotatable bonds is 9. The van der Waals surface area contributed by atoms with E-state index in [1.807, 2.05) is 6.20 Å². The molecule has 210 valence electrons. The minimum absolute atomic E-state index is 0.00740. The third-order valence-corrected chi connectivity index (χ3v) is 7.79. The Balaban J connectivity index is 1.43. The van der Waals surface area contributed by atoms with E-state index in [1.165, 1.54) is 12.5 Å². The molecule has 2 aliphatic heterocycles. The average molecular weight is 529 g/mol. The molecule has 2 fully saturated rings. The van der Waals surface area contributed by atoms with Crippen LogP contribution >= 0.6 is 0 Å². The van der Waals surface area contributed by atoms with Crippen LogP contribution in [0.2, 0.25) is 0 Å². The highest BCUT2D eigenvalue weighted by Crippen LogP contribution is 2.48. The van der Waals surface area contributed by atoms with Crippen molar-refractivity contribution in [2.45, 2.75) is 96.1 Å². The van der Waals surface area contributed by atoms with Crippen molar-refractivity contribution in [3.8, 4) is 5.88 Å². The molecule has 1 aromatic heterocycles. The summed E-state index contributed by atoms with van der Waals surface area (Å²) >= 11 is 0. The maximum absolute atomic E-state index is 12.9. The van der Waals surface area contributed by atoms with E-state index < -0.39 is 18.2 Å². The zero-order chi connectivity index (χ0) is 27.5. The maximum atomic E-state index is 12.9. The van der Waals surface area contributed by atoms with Gasteiger partial charge in [0.25, 0.3) is 5.91 Å². The molecule has 0 radical (unpaired) electrons. The molecule has 1 aromatic rings. The number of amides is 2. The standard InChI is InChI=1S/C29H44N4O5/c1-6-8-22(32-26(36)25-18-33(19(2)34)11-12-37-25)24(35)17-30-23-15-29(9-7-10-29)38-27-21(23)13-20(16-31-27)14-28(3,4)5/h6,13,16,22-25,30,35H,1,7-12,14-15,17-18H2,2-5H3,(H,32,36)/t22-,23-,24+,25-/m0/s1. The Bertz CT molecular complexity index is 1020. The van der Waals surface area contributed by atoms with Gasteiger partial charge in [-0.1, -0.05) is 26.8 Å². The number of aromatic nitrogens is 1. The summed E-state index contributed by atoms with van der Waals surface area (Å²) in [6.07, 6.45) is 7.30. The summed E-state index contributed by atoms with van der Waals surface area (Å²) in [4.78, 5) is 31.0. The van der Waals surface area contributed by atoms with Gasteiger partial charge in [0.15, 0.2) is 6.10 Å². The van der Waals surface area contributed by atoms with E-state index in [0.717, 1.165) is 37.7 Å². The zero-order valence-corrected chi connectivity index (χ0v) is 23.3. The molecule has 1 saturated carbocycles. The van der Waals surface area contributed by atoms with Crippen LogP contribution in [0, 0.1) is 5.41 Å². The van der Waals surface area contributed by atoms with E-state index in [4.69, 9.17) is 14.5 Å². The molecule has 3 heterocycles. The predicted octanol–water partition coefficient (Wildman–Crippen LogP) is 2.68. The normalized spacial score (nSPS) is 24.0. The number of hydrogen-bond donors (Lipinski definition) is 3. The van der Waals surface area contributed by atoms with E-state index in [-0.39, 0.29) is 42.0 Å². The van der Waals surface area contributed by atoms with Crippen LogP contribution in [0.1, 0.15) is 77.0 Å². The lowest BCUT2D eigenvalue weighted by atomic mass is 9.73. The molecular weight excluding hydrogens is 484 g/mol. The molecule has 4 rings (SSSR count). The van der Waals surface area contributed by atoms with Crippen LogP contribution in [-0.2, 0) is 20.7 Å². The lowest BCUT2D eigenvalue weighted by Gasteiger charge is -2.47. The molecule has 9 nitrogen and oxygen atoms in total. The largest absolute Gasteiger partial charge is 0.471 e. The second-order valence-corrected chi connectivity index (χ2v) is 12.3. The topological polar surface area (TPSA) is 113 Å². The van der Waals surface area contributed by atoms with Crippen molar-refractivity contribution in [1.82, 2.24) is 20.5 Å². The van der Waals surface area contributed by atoms with Gasteiger partial charge < -0.3 is 30.1 Å². The van der Waals surface area contributed by atoms with Crippen molar-refractivity contribution in [3.63, 3.8) is 0 Å². The fourth-order valence-corrected chi connectivity index (χ4v) is 5.61. The molecule has 0 aromatic carbocycles. The number of aliphatic hydroxyl groups excluding tert-OH is 1. The lowest BCUT2D eigenvalue weighted by molar-refractivity contribution is -0.146. The number of carbonyl (C=O) groups is 2. The van der Waals surface area contributed by atoms with Crippen LogP contribution in [0.15, 0.2) is 24.9 Å². The minimum Gasteiger partial charge on any atom is -0.471 e. The van der Waals surface area contributed by atoms with E-state index in [0.29, 0.717) is 25.5 Å². The molecule has 1 aliphatic carbocycles. The molecule has 0 unspecified atom stereocenters. The Morgan fingerprint density at radius 3 is 2.76 bits per heavy atom. The molecule has 2 amide bonds. The quantitative estimate of drug-likeness (QED) is 0.423. The molecule has 3 aliphatic rings. The fourth-order valence-electron chi connectivity index (χ4n) is 5.61. The van der Waals surface area contributed by atoms with E-state index in [2.05, 4.69) is 44.1 Å². The molecule has 9 heteroatoms.